The van der Waals surface area contributed by atoms with Crippen LogP contribution in [-0.2, 0) is 13.2 Å². The van der Waals surface area contributed by atoms with Gasteiger partial charge in [0.1, 0.15) is 6.61 Å². The van der Waals surface area contributed by atoms with Gasteiger partial charge in [0.15, 0.2) is 17.4 Å². The lowest BCUT2D eigenvalue weighted by Gasteiger charge is -2.10. The second kappa shape index (κ2) is 8.95. The van der Waals surface area contributed by atoms with Gasteiger partial charge in [0, 0.05) is 24.4 Å². The van der Waals surface area contributed by atoms with Crippen molar-refractivity contribution in [3.63, 3.8) is 0 Å². The summed E-state index contributed by atoms with van der Waals surface area (Å²) in [6.07, 6.45) is 3.11. The van der Waals surface area contributed by atoms with E-state index in [0.717, 1.165) is 0 Å². The first-order valence-corrected chi connectivity index (χ1v) is 8.74. The van der Waals surface area contributed by atoms with Gasteiger partial charge in [-0.2, -0.15) is 13.9 Å². The fourth-order valence-corrected chi connectivity index (χ4v) is 2.59. The zero-order valence-corrected chi connectivity index (χ0v) is 15.5. The minimum absolute atomic E-state index is 0.103. The zero-order chi connectivity index (χ0) is 21.0. The molecular formula is C19H14ClF4N3O2. The molecule has 0 aliphatic carbocycles. The fourth-order valence-electron chi connectivity index (χ4n) is 2.43. The smallest absolute Gasteiger partial charge is 0.251 e. The van der Waals surface area contributed by atoms with Crippen LogP contribution in [0.15, 0.2) is 42.7 Å². The first kappa shape index (κ1) is 20.7. The van der Waals surface area contributed by atoms with Crippen LogP contribution in [0.2, 0.25) is 5.02 Å². The van der Waals surface area contributed by atoms with Gasteiger partial charge in [0.05, 0.1) is 17.8 Å². The van der Waals surface area contributed by atoms with Crippen molar-refractivity contribution >= 4 is 17.5 Å². The molecule has 5 nitrogen and oxygen atoms in total. The number of rotatable bonds is 7. The molecule has 10 heteroatoms. The van der Waals surface area contributed by atoms with Crippen LogP contribution in [-0.4, -0.2) is 22.2 Å². The molecular weight excluding hydrogens is 414 g/mol. The maximum atomic E-state index is 13.6. The van der Waals surface area contributed by atoms with Crippen LogP contribution in [0, 0.1) is 23.3 Å². The molecule has 0 aliphatic heterocycles. The number of amides is 1. The van der Waals surface area contributed by atoms with E-state index in [-0.39, 0.29) is 18.6 Å². The molecule has 0 atom stereocenters. The predicted molar refractivity (Wildman–Crippen MR) is 96.6 cm³/mol. The number of ether oxygens (including phenoxy) is 1. The Kier molecular flexibility index (Phi) is 6.38. The standard InChI is InChI=1S/C19H14ClF4N3O2/c20-13-8-26-27(9-13)6-5-25-19(28)12-3-1-11(2-4-12)10-29-18-16(23)14(21)7-15(22)17(18)24/h1-4,7-9H,5-6,10H2,(H,25,28). The topological polar surface area (TPSA) is 56.2 Å². The molecule has 0 bridgehead atoms. The Labute approximate surface area is 167 Å². The number of nitrogens with zero attached hydrogens (tertiary/aromatic N) is 2. The van der Waals surface area contributed by atoms with Crippen LogP contribution < -0.4 is 10.1 Å². The Morgan fingerprint density at radius 2 is 1.76 bits per heavy atom. The summed E-state index contributed by atoms with van der Waals surface area (Å²) in [4.78, 5) is 12.1. The van der Waals surface area contributed by atoms with E-state index in [0.29, 0.717) is 29.2 Å². The summed E-state index contributed by atoms with van der Waals surface area (Å²) >= 11 is 5.75. The van der Waals surface area contributed by atoms with Crippen LogP contribution in [0.1, 0.15) is 15.9 Å². The molecule has 29 heavy (non-hydrogen) atoms. The number of hydrogen-bond acceptors (Lipinski definition) is 3. The second-order valence-electron chi connectivity index (χ2n) is 5.96. The highest BCUT2D eigenvalue weighted by atomic mass is 35.5. The Bertz CT molecular complexity index is 999. The molecule has 3 rings (SSSR count). The number of benzene rings is 2. The number of hydrogen-bond donors (Lipinski definition) is 1. The predicted octanol–water partition coefficient (Wildman–Crippen LogP) is 4.10. The molecule has 0 saturated heterocycles. The van der Waals surface area contributed by atoms with Gasteiger partial charge in [-0.3, -0.25) is 9.48 Å². The molecule has 2 aromatic carbocycles. The number of aromatic nitrogens is 2. The molecule has 0 spiro atoms. The van der Waals surface area contributed by atoms with Gasteiger partial charge < -0.3 is 10.1 Å². The SMILES string of the molecule is O=C(NCCn1cc(Cl)cn1)c1ccc(COc2c(F)c(F)cc(F)c2F)cc1. The molecule has 0 aliphatic rings. The highest BCUT2D eigenvalue weighted by molar-refractivity contribution is 6.30. The van der Waals surface area contributed by atoms with Crippen LogP contribution in [0.4, 0.5) is 17.6 Å². The molecule has 152 valence electrons. The average molecular weight is 428 g/mol. The third-order valence-electron chi connectivity index (χ3n) is 3.90. The number of nitrogens with one attached hydrogen (secondary N) is 1. The van der Waals surface area contributed by atoms with E-state index >= 15 is 0 Å². The summed E-state index contributed by atoms with van der Waals surface area (Å²) in [5.74, 6) is -7.80. The molecule has 1 N–H and O–H groups in total. The van der Waals surface area contributed by atoms with Crippen LogP contribution in [0.25, 0.3) is 0 Å². The summed E-state index contributed by atoms with van der Waals surface area (Å²) in [5.41, 5.74) is 0.789. The minimum Gasteiger partial charge on any atom is -0.483 e. The Balaban J connectivity index is 1.55. The second-order valence-corrected chi connectivity index (χ2v) is 6.40. The third kappa shape index (κ3) is 5.05. The first-order valence-electron chi connectivity index (χ1n) is 8.36. The Morgan fingerprint density at radius 3 is 2.34 bits per heavy atom. The van der Waals surface area contributed by atoms with E-state index in [1.54, 1.807) is 10.9 Å². The molecule has 0 unspecified atom stereocenters. The van der Waals surface area contributed by atoms with Gasteiger partial charge in [0.25, 0.3) is 5.91 Å². The molecule has 0 radical (unpaired) electrons. The molecule has 1 heterocycles. The molecule has 1 aromatic heterocycles. The molecule has 1 amide bonds. The number of halogens is 5. The summed E-state index contributed by atoms with van der Waals surface area (Å²) in [6.45, 7) is 0.412. The lowest BCUT2D eigenvalue weighted by atomic mass is 10.1. The summed E-state index contributed by atoms with van der Waals surface area (Å²) < 4.78 is 60.0. The summed E-state index contributed by atoms with van der Waals surface area (Å²) in [5, 5.41) is 7.18. The van der Waals surface area contributed by atoms with E-state index in [1.807, 2.05) is 0 Å². The number of carbonyl (C=O) groups is 1. The van der Waals surface area contributed by atoms with E-state index in [9.17, 15) is 22.4 Å². The van der Waals surface area contributed by atoms with Gasteiger partial charge in [-0.25, -0.2) is 8.78 Å². The Morgan fingerprint density at radius 1 is 1.10 bits per heavy atom. The van der Waals surface area contributed by atoms with Gasteiger partial charge >= 0.3 is 0 Å². The molecule has 0 saturated carbocycles. The Hall–Kier alpha value is -3.07. The van der Waals surface area contributed by atoms with Gasteiger partial charge in [-0.05, 0) is 17.7 Å². The van der Waals surface area contributed by atoms with Crippen molar-refractivity contribution < 1.29 is 27.1 Å². The molecule has 0 fully saturated rings. The summed E-state index contributed by atoms with van der Waals surface area (Å²) in [6, 6.07) is 6.06. The van der Waals surface area contributed by atoms with Gasteiger partial charge in [0.2, 0.25) is 11.6 Å². The van der Waals surface area contributed by atoms with Crippen molar-refractivity contribution in [3.05, 3.63) is 82.1 Å². The highest BCUT2D eigenvalue weighted by Gasteiger charge is 2.20. The summed E-state index contributed by atoms with van der Waals surface area (Å²) in [7, 11) is 0. The monoisotopic (exact) mass is 427 g/mol. The van der Waals surface area contributed by atoms with Crippen LogP contribution in [0.5, 0.6) is 5.75 Å². The van der Waals surface area contributed by atoms with Crippen LogP contribution >= 0.6 is 11.6 Å². The fraction of sp³-hybridized carbons (Fsp3) is 0.158. The largest absolute Gasteiger partial charge is 0.483 e. The third-order valence-corrected chi connectivity index (χ3v) is 4.09. The van der Waals surface area contributed by atoms with Gasteiger partial charge in [-0.15, -0.1) is 0 Å². The maximum absolute atomic E-state index is 13.6. The normalized spacial score (nSPS) is 10.8. The van der Waals surface area contributed by atoms with Crippen molar-refractivity contribution in [1.29, 1.82) is 0 Å². The van der Waals surface area contributed by atoms with Crippen molar-refractivity contribution in [3.8, 4) is 5.75 Å². The number of carbonyl (C=O) groups excluding carboxylic acids is 1. The van der Waals surface area contributed by atoms with Crippen molar-refractivity contribution in [1.82, 2.24) is 15.1 Å². The lowest BCUT2D eigenvalue weighted by Crippen LogP contribution is -2.27. The highest BCUT2D eigenvalue weighted by Crippen LogP contribution is 2.27. The van der Waals surface area contributed by atoms with Crippen molar-refractivity contribution in [2.24, 2.45) is 0 Å². The average Bonchev–Trinajstić information content (AvgIpc) is 3.12. The van der Waals surface area contributed by atoms with E-state index in [4.69, 9.17) is 16.3 Å². The molecule has 3 aromatic rings. The van der Waals surface area contributed by atoms with Crippen molar-refractivity contribution in [2.75, 3.05) is 6.54 Å². The quantitative estimate of drug-likeness (QED) is 0.456. The lowest BCUT2D eigenvalue weighted by molar-refractivity contribution is 0.0952. The van der Waals surface area contributed by atoms with Gasteiger partial charge in [-0.1, -0.05) is 23.7 Å². The first-order chi connectivity index (χ1) is 13.8. The maximum Gasteiger partial charge on any atom is 0.251 e. The van der Waals surface area contributed by atoms with E-state index < -0.39 is 29.0 Å². The van der Waals surface area contributed by atoms with E-state index in [1.165, 1.54) is 30.5 Å². The van der Waals surface area contributed by atoms with E-state index in [2.05, 4.69) is 10.4 Å². The zero-order valence-electron chi connectivity index (χ0n) is 14.8. The minimum atomic E-state index is -1.61. The van der Waals surface area contributed by atoms with Crippen LogP contribution in [0.3, 0.4) is 0 Å². The van der Waals surface area contributed by atoms with Crippen molar-refractivity contribution in [2.45, 2.75) is 13.2 Å².